The Morgan fingerprint density at radius 3 is 2.26 bits per heavy atom. The second kappa shape index (κ2) is 11.3. The van der Waals surface area contributed by atoms with Crippen LogP contribution in [-0.2, 0) is 6.42 Å². The Hall–Kier alpha value is -2.04. The number of aliphatic hydroxyl groups is 2. The van der Waals surface area contributed by atoms with E-state index >= 15 is 0 Å². The number of benzene rings is 1. The van der Waals surface area contributed by atoms with Crippen LogP contribution in [0.25, 0.3) is 5.57 Å². The molecule has 2 aliphatic rings. The lowest BCUT2D eigenvalue weighted by Crippen LogP contribution is -2.29. The SMILES string of the molecule is CC(C)c1nc2c(c(C3=CCCC3)c1C(O)c1ccc(F)cc1)C(O)CC(C)(C)C2.CCC(C)C. The van der Waals surface area contributed by atoms with Crippen molar-refractivity contribution in [3.05, 3.63) is 69.8 Å². The van der Waals surface area contributed by atoms with E-state index in [4.69, 9.17) is 4.98 Å². The van der Waals surface area contributed by atoms with Gasteiger partial charge in [-0.3, -0.25) is 4.98 Å². The molecule has 192 valence electrons. The largest absolute Gasteiger partial charge is 0.388 e. The van der Waals surface area contributed by atoms with Crippen molar-refractivity contribution in [1.29, 1.82) is 0 Å². The lowest BCUT2D eigenvalue weighted by Gasteiger charge is -2.37. The lowest BCUT2D eigenvalue weighted by atomic mass is 9.71. The second-order valence-corrected chi connectivity index (χ2v) is 11.7. The minimum atomic E-state index is -0.917. The van der Waals surface area contributed by atoms with Gasteiger partial charge in [-0.2, -0.15) is 0 Å². The summed E-state index contributed by atoms with van der Waals surface area (Å²) in [5, 5.41) is 22.7. The van der Waals surface area contributed by atoms with Crippen LogP contribution in [-0.4, -0.2) is 15.2 Å². The van der Waals surface area contributed by atoms with Crippen molar-refractivity contribution in [1.82, 2.24) is 4.98 Å². The zero-order valence-electron chi connectivity index (χ0n) is 22.7. The zero-order valence-corrected chi connectivity index (χ0v) is 22.7. The molecular weight excluding hydrogens is 437 g/mol. The topological polar surface area (TPSA) is 53.4 Å². The third kappa shape index (κ3) is 6.40. The van der Waals surface area contributed by atoms with Crippen LogP contribution >= 0.6 is 0 Å². The molecule has 3 nitrogen and oxygen atoms in total. The Morgan fingerprint density at radius 2 is 1.74 bits per heavy atom. The summed E-state index contributed by atoms with van der Waals surface area (Å²) in [5.41, 5.74) is 6.31. The van der Waals surface area contributed by atoms with E-state index in [1.807, 2.05) is 0 Å². The molecule has 0 aliphatic heterocycles. The van der Waals surface area contributed by atoms with Gasteiger partial charge >= 0.3 is 0 Å². The fourth-order valence-corrected chi connectivity index (χ4v) is 5.10. The van der Waals surface area contributed by atoms with Gasteiger partial charge in [-0.1, -0.05) is 73.1 Å². The van der Waals surface area contributed by atoms with Crippen molar-refractivity contribution >= 4 is 5.57 Å². The first-order valence-corrected chi connectivity index (χ1v) is 13.3. The highest BCUT2D eigenvalue weighted by Gasteiger charge is 2.38. The number of hydrogen-bond donors (Lipinski definition) is 2. The van der Waals surface area contributed by atoms with E-state index in [0.29, 0.717) is 12.0 Å². The molecule has 2 aliphatic carbocycles. The summed E-state index contributed by atoms with van der Waals surface area (Å²) >= 11 is 0. The first-order chi connectivity index (χ1) is 16.4. The molecular formula is C31H44FNO2. The van der Waals surface area contributed by atoms with Gasteiger partial charge in [-0.05, 0) is 78.2 Å². The van der Waals surface area contributed by atoms with Crippen LogP contribution in [0.15, 0.2) is 30.3 Å². The molecule has 2 aromatic rings. The standard InChI is InChI=1S/C26H32FNO2.C5H12/c1-15(2)24-23(25(30)17-9-11-18(27)12-10-17)21(16-7-5-6-8-16)22-19(28-24)13-26(3,4)14-20(22)29;1-4-5(2)3/h7,9-12,15,20,25,29-30H,5-6,8,13-14H2,1-4H3;5H,4H2,1-3H3. The van der Waals surface area contributed by atoms with Crippen LogP contribution in [0, 0.1) is 17.2 Å². The first-order valence-electron chi connectivity index (χ1n) is 13.3. The fraction of sp³-hybridized carbons (Fsp3) is 0.581. The maximum absolute atomic E-state index is 13.5. The molecule has 0 radical (unpaired) electrons. The van der Waals surface area contributed by atoms with Crippen LogP contribution in [0.2, 0.25) is 0 Å². The van der Waals surface area contributed by atoms with Crippen LogP contribution < -0.4 is 0 Å². The number of aromatic nitrogens is 1. The normalized spacial score (nSPS) is 19.8. The number of pyridine rings is 1. The van der Waals surface area contributed by atoms with E-state index in [-0.39, 0.29) is 17.2 Å². The molecule has 1 heterocycles. The summed E-state index contributed by atoms with van der Waals surface area (Å²) in [6, 6.07) is 6.03. The van der Waals surface area contributed by atoms with E-state index < -0.39 is 12.2 Å². The van der Waals surface area contributed by atoms with Crippen LogP contribution in [0.3, 0.4) is 0 Å². The number of aliphatic hydroxyl groups excluding tert-OH is 2. The third-order valence-corrected chi connectivity index (χ3v) is 7.29. The molecule has 0 saturated carbocycles. The minimum absolute atomic E-state index is 0.0217. The predicted octanol–water partition coefficient (Wildman–Crippen LogP) is 8.05. The van der Waals surface area contributed by atoms with Gasteiger partial charge in [-0.15, -0.1) is 0 Å². The van der Waals surface area contributed by atoms with Crippen molar-refractivity contribution in [2.45, 2.75) is 105 Å². The predicted molar refractivity (Wildman–Crippen MR) is 143 cm³/mol. The van der Waals surface area contributed by atoms with E-state index in [9.17, 15) is 14.6 Å². The minimum Gasteiger partial charge on any atom is -0.388 e. The van der Waals surface area contributed by atoms with Gasteiger partial charge in [0, 0.05) is 22.5 Å². The van der Waals surface area contributed by atoms with Gasteiger partial charge in [0.15, 0.2) is 0 Å². The summed E-state index contributed by atoms with van der Waals surface area (Å²) in [7, 11) is 0. The highest BCUT2D eigenvalue weighted by atomic mass is 19.1. The van der Waals surface area contributed by atoms with Crippen LogP contribution in [0.1, 0.15) is 132 Å². The number of hydrogen-bond acceptors (Lipinski definition) is 3. The maximum Gasteiger partial charge on any atom is 0.123 e. The van der Waals surface area contributed by atoms with Gasteiger partial charge in [0.1, 0.15) is 11.9 Å². The molecule has 1 aromatic carbocycles. The Bertz CT molecular complexity index is 1040. The maximum atomic E-state index is 13.5. The van der Waals surface area contributed by atoms with Crippen LogP contribution in [0.4, 0.5) is 4.39 Å². The molecule has 1 aromatic heterocycles. The van der Waals surface area contributed by atoms with Crippen LogP contribution in [0.5, 0.6) is 0 Å². The number of halogens is 1. The Kier molecular flexibility index (Phi) is 8.93. The van der Waals surface area contributed by atoms with Gasteiger partial charge in [-0.25, -0.2) is 4.39 Å². The molecule has 0 spiro atoms. The van der Waals surface area contributed by atoms with Gasteiger partial charge < -0.3 is 10.2 Å². The molecule has 4 rings (SSSR count). The van der Waals surface area contributed by atoms with Crippen molar-refractivity contribution in [2.24, 2.45) is 11.3 Å². The Labute approximate surface area is 211 Å². The average molecular weight is 482 g/mol. The molecule has 0 fully saturated rings. The summed E-state index contributed by atoms with van der Waals surface area (Å²) < 4.78 is 13.5. The monoisotopic (exact) mass is 481 g/mol. The summed E-state index contributed by atoms with van der Waals surface area (Å²) in [6.07, 6.45) is 6.54. The van der Waals surface area contributed by atoms with E-state index in [0.717, 1.165) is 59.7 Å². The lowest BCUT2D eigenvalue weighted by molar-refractivity contribution is 0.0972. The number of fused-ring (bicyclic) bond motifs is 1. The second-order valence-electron chi connectivity index (χ2n) is 11.7. The van der Waals surface area contributed by atoms with Gasteiger partial charge in [0.2, 0.25) is 0 Å². The fourth-order valence-electron chi connectivity index (χ4n) is 5.10. The molecule has 0 bridgehead atoms. The molecule has 0 amide bonds. The third-order valence-electron chi connectivity index (χ3n) is 7.29. The quantitative estimate of drug-likeness (QED) is 0.454. The highest BCUT2D eigenvalue weighted by molar-refractivity contribution is 5.75. The molecule has 35 heavy (non-hydrogen) atoms. The molecule has 2 unspecified atom stereocenters. The van der Waals surface area contributed by atoms with E-state index in [2.05, 4.69) is 54.5 Å². The number of rotatable bonds is 5. The molecule has 4 heteroatoms. The van der Waals surface area contributed by atoms with Gasteiger partial charge in [0.05, 0.1) is 6.10 Å². The van der Waals surface area contributed by atoms with Crippen molar-refractivity contribution in [2.75, 3.05) is 0 Å². The smallest absolute Gasteiger partial charge is 0.123 e. The average Bonchev–Trinajstić information content (AvgIpc) is 3.32. The molecule has 2 atom stereocenters. The molecule has 0 saturated heterocycles. The van der Waals surface area contributed by atoms with Crippen molar-refractivity contribution in [3.8, 4) is 0 Å². The van der Waals surface area contributed by atoms with Crippen molar-refractivity contribution < 1.29 is 14.6 Å². The Balaban J connectivity index is 0.000000623. The summed E-state index contributed by atoms with van der Waals surface area (Å²) in [6.45, 7) is 15.2. The number of nitrogens with zero attached hydrogens (tertiary/aromatic N) is 1. The highest BCUT2D eigenvalue weighted by Crippen LogP contribution is 2.48. The van der Waals surface area contributed by atoms with E-state index in [1.54, 1.807) is 12.1 Å². The summed E-state index contributed by atoms with van der Waals surface area (Å²) in [5.74, 6) is 0.674. The first kappa shape index (κ1) is 27.5. The zero-order chi connectivity index (χ0) is 25.9. The Morgan fingerprint density at radius 1 is 1.11 bits per heavy atom. The van der Waals surface area contributed by atoms with Gasteiger partial charge in [0.25, 0.3) is 0 Å². The summed E-state index contributed by atoms with van der Waals surface area (Å²) in [4.78, 5) is 5.03. The number of allylic oxidation sites excluding steroid dienone is 2. The molecule has 2 N–H and O–H groups in total. The van der Waals surface area contributed by atoms with E-state index in [1.165, 1.54) is 24.1 Å². The van der Waals surface area contributed by atoms with Crippen molar-refractivity contribution in [3.63, 3.8) is 0 Å².